The third-order valence-corrected chi connectivity index (χ3v) is 5.70. The van der Waals surface area contributed by atoms with Crippen molar-refractivity contribution in [2.75, 3.05) is 13.1 Å². The number of aromatic amines is 1. The first-order chi connectivity index (χ1) is 14.3. The van der Waals surface area contributed by atoms with E-state index in [1.54, 1.807) is 12.4 Å². The van der Waals surface area contributed by atoms with Crippen molar-refractivity contribution in [1.82, 2.24) is 25.1 Å². The molecule has 1 aromatic carbocycles. The van der Waals surface area contributed by atoms with Crippen LogP contribution in [0.15, 0.2) is 67.3 Å². The van der Waals surface area contributed by atoms with Crippen LogP contribution in [-0.2, 0) is 0 Å². The minimum Gasteiger partial charge on any atom is -0.339 e. The van der Waals surface area contributed by atoms with Crippen molar-refractivity contribution < 1.29 is 4.79 Å². The highest BCUT2D eigenvalue weighted by Gasteiger charge is 2.26. The van der Waals surface area contributed by atoms with E-state index >= 15 is 0 Å². The van der Waals surface area contributed by atoms with Gasteiger partial charge in [0.1, 0.15) is 0 Å². The maximum absolute atomic E-state index is 13.4. The molecule has 0 saturated carbocycles. The maximum Gasteiger partial charge on any atom is 0.254 e. The Hall–Kier alpha value is -3.54. The summed E-state index contributed by atoms with van der Waals surface area (Å²) < 4.78 is 0. The summed E-state index contributed by atoms with van der Waals surface area (Å²) in [5.41, 5.74) is 4.47. The molecule has 0 aliphatic carbocycles. The highest BCUT2D eigenvalue weighted by molar-refractivity contribution is 6.07. The molecule has 5 rings (SSSR count). The number of carbonyl (C=O) groups is 1. The van der Waals surface area contributed by atoms with Crippen molar-refractivity contribution >= 4 is 16.8 Å². The standard InChI is InChI=1S/C23H21N5O/c29-23(28-11-7-17(8-12-28)16-5-9-24-10-6-16)20-13-22(18-14-25-26-15-18)27-21-4-2-1-3-19(20)21/h1-6,9-10,13-15,17H,7-8,11-12H2,(H,25,26). The normalized spacial score (nSPS) is 15.0. The highest BCUT2D eigenvalue weighted by atomic mass is 16.2. The molecule has 4 heterocycles. The van der Waals surface area contributed by atoms with Crippen LogP contribution in [0.25, 0.3) is 22.2 Å². The summed E-state index contributed by atoms with van der Waals surface area (Å²) in [7, 11) is 0. The molecule has 6 nitrogen and oxygen atoms in total. The van der Waals surface area contributed by atoms with Crippen molar-refractivity contribution in [3.63, 3.8) is 0 Å². The number of amides is 1. The van der Waals surface area contributed by atoms with E-state index in [4.69, 9.17) is 4.98 Å². The second-order valence-corrected chi connectivity index (χ2v) is 7.41. The van der Waals surface area contributed by atoms with Crippen LogP contribution in [0.5, 0.6) is 0 Å². The summed E-state index contributed by atoms with van der Waals surface area (Å²) in [6, 6.07) is 13.9. The Bertz CT molecular complexity index is 1130. The largest absolute Gasteiger partial charge is 0.339 e. The van der Waals surface area contributed by atoms with E-state index in [0.717, 1.165) is 48.1 Å². The SMILES string of the molecule is O=C(c1cc(-c2cn[nH]c2)nc2ccccc12)N1CCC(c2ccncc2)CC1. The molecule has 0 spiro atoms. The molecule has 3 aromatic heterocycles. The van der Waals surface area contributed by atoms with E-state index in [-0.39, 0.29) is 5.91 Å². The predicted molar refractivity (Wildman–Crippen MR) is 111 cm³/mol. The van der Waals surface area contributed by atoms with Gasteiger partial charge in [-0.3, -0.25) is 14.9 Å². The summed E-state index contributed by atoms with van der Waals surface area (Å²) in [6.45, 7) is 1.51. The number of piperidine rings is 1. The van der Waals surface area contributed by atoms with Crippen LogP contribution in [0.1, 0.15) is 34.7 Å². The highest BCUT2D eigenvalue weighted by Crippen LogP contribution is 2.30. The number of fused-ring (bicyclic) bond motifs is 1. The van der Waals surface area contributed by atoms with Crippen molar-refractivity contribution in [3.05, 3.63) is 78.4 Å². The average molecular weight is 383 g/mol. The zero-order valence-corrected chi connectivity index (χ0v) is 16.0. The van der Waals surface area contributed by atoms with Gasteiger partial charge in [0.05, 0.1) is 23.0 Å². The fraction of sp³-hybridized carbons (Fsp3) is 0.217. The first kappa shape index (κ1) is 17.6. The molecule has 4 aromatic rings. The maximum atomic E-state index is 13.4. The summed E-state index contributed by atoms with van der Waals surface area (Å²) >= 11 is 0. The third-order valence-electron chi connectivity index (χ3n) is 5.70. The molecule has 0 unspecified atom stereocenters. The van der Waals surface area contributed by atoms with Gasteiger partial charge in [-0.25, -0.2) is 4.98 Å². The number of H-pyrrole nitrogens is 1. The second kappa shape index (κ2) is 7.47. The molecule has 0 bridgehead atoms. The summed E-state index contributed by atoms with van der Waals surface area (Å²) in [5.74, 6) is 0.555. The lowest BCUT2D eigenvalue weighted by Gasteiger charge is -2.32. The van der Waals surface area contributed by atoms with Crippen LogP contribution in [0.2, 0.25) is 0 Å². The van der Waals surface area contributed by atoms with E-state index in [0.29, 0.717) is 11.5 Å². The number of nitrogens with one attached hydrogen (secondary N) is 1. The zero-order valence-electron chi connectivity index (χ0n) is 16.0. The van der Waals surface area contributed by atoms with E-state index in [9.17, 15) is 4.79 Å². The lowest BCUT2D eigenvalue weighted by molar-refractivity contribution is 0.0715. The van der Waals surface area contributed by atoms with Crippen molar-refractivity contribution in [2.45, 2.75) is 18.8 Å². The number of para-hydroxylation sites is 1. The lowest BCUT2D eigenvalue weighted by atomic mass is 9.89. The van der Waals surface area contributed by atoms with Gasteiger partial charge in [0, 0.05) is 42.6 Å². The molecule has 1 amide bonds. The van der Waals surface area contributed by atoms with Gasteiger partial charge in [-0.05, 0) is 48.6 Å². The first-order valence-corrected chi connectivity index (χ1v) is 9.88. The number of hydrogen-bond donors (Lipinski definition) is 1. The van der Waals surface area contributed by atoms with Crippen LogP contribution < -0.4 is 0 Å². The molecule has 1 aliphatic rings. The first-order valence-electron chi connectivity index (χ1n) is 9.88. The number of rotatable bonds is 3. The molecular weight excluding hydrogens is 362 g/mol. The van der Waals surface area contributed by atoms with Gasteiger partial charge in [0.25, 0.3) is 5.91 Å². The fourth-order valence-electron chi connectivity index (χ4n) is 4.11. The molecule has 1 saturated heterocycles. The van der Waals surface area contributed by atoms with Crippen molar-refractivity contribution in [3.8, 4) is 11.3 Å². The van der Waals surface area contributed by atoms with Crippen LogP contribution in [0.3, 0.4) is 0 Å². The Labute approximate surface area is 168 Å². The molecule has 1 aliphatic heterocycles. The van der Waals surface area contributed by atoms with Gasteiger partial charge < -0.3 is 4.90 Å². The molecular formula is C23H21N5O. The molecule has 1 fully saturated rings. The van der Waals surface area contributed by atoms with E-state index in [1.807, 2.05) is 47.6 Å². The van der Waals surface area contributed by atoms with Crippen LogP contribution >= 0.6 is 0 Å². The number of likely N-dealkylation sites (tertiary alicyclic amines) is 1. The smallest absolute Gasteiger partial charge is 0.254 e. The van der Waals surface area contributed by atoms with Crippen LogP contribution in [0.4, 0.5) is 0 Å². The number of nitrogens with zero attached hydrogens (tertiary/aromatic N) is 4. The minimum atomic E-state index is 0.0709. The molecule has 29 heavy (non-hydrogen) atoms. The summed E-state index contributed by atoms with van der Waals surface area (Å²) in [4.78, 5) is 24.2. The fourth-order valence-corrected chi connectivity index (χ4v) is 4.11. The van der Waals surface area contributed by atoms with Crippen molar-refractivity contribution in [1.29, 1.82) is 0 Å². The van der Waals surface area contributed by atoms with Gasteiger partial charge in [-0.15, -0.1) is 0 Å². The van der Waals surface area contributed by atoms with Gasteiger partial charge in [0.15, 0.2) is 0 Å². The van der Waals surface area contributed by atoms with Crippen molar-refractivity contribution in [2.24, 2.45) is 0 Å². The minimum absolute atomic E-state index is 0.0709. The Kier molecular flexibility index (Phi) is 4.52. The Balaban J connectivity index is 1.44. The molecule has 0 atom stereocenters. The van der Waals surface area contributed by atoms with Gasteiger partial charge in [-0.2, -0.15) is 5.10 Å². The number of carbonyl (C=O) groups excluding carboxylic acids is 1. The predicted octanol–water partition coefficient (Wildman–Crippen LogP) is 4.04. The molecule has 0 radical (unpaired) electrons. The van der Waals surface area contributed by atoms with Gasteiger partial charge in [0.2, 0.25) is 0 Å². The van der Waals surface area contributed by atoms with Gasteiger partial charge in [-0.1, -0.05) is 18.2 Å². The summed E-state index contributed by atoms with van der Waals surface area (Å²) in [5, 5.41) is 7.72. The lowest BCUT2D eigenvalue weighted by Crippen LogP contribution is -2.38. The average Bonchev–Trinajstić information content (AvgIpc) is 3.34. The Morgan fingerprint density at radius 1 is 1.07 bits per heavy atom. The monoisotopic (exact) mass is 383 g/mol. The van der Waals surface area contributed by atoms with Gasteiger partial charge >= 0.3 is 0 Å². The third kappa shape index (κ3) is 3.38. The molecule has 144 valence electrons. The number of hydrogen-bond acceptors (Lipinski definition) is 4. The van der Waals surface area contributed by atoms with Crippen LogP contribution in [0, 0.1) is 0 Å². The second-order valence-electron chi connectivity index (χ2n) is 7.41. The quantitative estimate of drug-likeness (QED) is 0.579. The molecule has 1 N–H and O–H groups in total. The number of aromatic nitrogens is 4. The number of benzene rings is 1. The zero-order chi connectivity index (χ0) is 19.6. The Morgan fingerprint density at radius 2 is 1.86 bits per heavy atom. The van der Waals surface area contributed by atoms with E-state index in [1.165, 1.54) is 5.56 Å². The van der Waals surface area contributed by atoms with Crippen LogP contribution in [-0.4, -0.2) is 44.1 Å². The Morgan fingerprint density at radius 3 is 2.62 bits per heavy atom. The number of pyridine rings is 2. The summed E-state index contributed by atoms with van der Waals surface area (Å²) in [6.07, 6.45) is 9.14. The molecule has 6 heteroatoms. The topological polar surface area (TPSA) is 74.8 Å². The van der Waals surface area contributed by atoms with E-state index in [2.05, 4.69) is 27.3 Å². The van der Waals surface area contributed by atoms with E-state index < -0.39 is 0 Å².